The molecule has 0 saturated carbocycles. The third-order valence-electron chi connectivity index (χ3n) is 3.78. The van der Waals surface area contributed by atoms with Gasteiger partial charge in [-0.05, 0) is 31.5 Å². The van der Waals surface area contributed by atoms with E-state index in [1.165, 1.54) is 21.3 Å². The molecule has 1 aliphatic heterocycles. The zero-order valence-corrected chi connectivity index (χ0v) is 14.9. The second kappa shape index (κ2) is 7.78. The number of amides is 2. The number of benzene rings is 1. The largest absolute Gasteiger partial charge is 0.493 e. The van der Waals surface area contributed by atoms with Crippen LogP contribution in [0, 0.1) is 0 Å². The molecule has 0 fully saturated rings. The summed E-state index contributed by atoms with van der Waals surface area (Å²) in [6.07, 6.45) is 0. The van der Waals surface area contributed by atoms with Crippen molar-refractivity contribution < 1.29 is 28.5 Å². The molecule has 8 nitrogen and oxygen atoms in total. The van der Waals surface area contributed by atoms with Crippen LogP contribution in [0.15, 0.2) is 23.4 Å². The maximum Gasteiger partial charge on any atom is 0.338 e. The first kappa shape index (κ1) is 18.4. The lowest BCUT2D eigenvalue weighted by Crippen LogP contribution is -2.45. The molecular formula is C17H22N2O6. The van der Waals surface area contributed by atoms with Gasteiger partial charge in [0, 0.05) is 5.70 Å². The van der Waals surface area contributed by atoms with Gasteiger partial charge in [0.15, 0.2) is 11.5 Å². The fourth-order valence-corrected chi connectivity index (χ4v) is 2.69. The van der Waals surface area contributed by atoms with Crippen molar-refractivity contribution in [3.05, 3.63) is 29.0 Å². The van der Waals surface area contributed by atoms with Crippen LogP contribution in [0.25, 0.3) is 0 Å². The predicted molar refractivity (Wildman–Crippen MR) is 89.8 cm³/mol. The highest BCUT2D eigenvalue weighted by molar-refractivity contribution is 5.95. The first-order valence-electron chi connectivity index (χ1n) is 7.72. The summed E-state index contributed by atoms with van der Waals surface area (Å²) in [5.41, 5.74) is 1.35. The van der Waals surface area contributed by atoms with Gasteiger partial charge in [0.2, 0.25) is 5.75 Å². The molecule has 0 aromatic heterocycles. The van der Waals surface area contributed by atoms with Crippen molar-refractivity contribution in [3.63, 3.8) is 0 Å². The van der Waals surface area contributed by atoms with Crippen molar-refractivity contribution in [2.45, 2.75) is 19.9 Å². The minimum atomic E-state index is -0.707. The van der Waals surface area contributed by atoms with Gasteiger partial charge in [-0.15, -0.1) is 0 Å². The quantitative estimate of drug-likeness (QED) is 0.761. The molecule has 1 heterocycles. The van der Waals surface area contributed by atoms with Crippen molar-refractivity contribution in [2.24, 2.45) is 0 Å². The van der Waals surface area contributed by atoms with Crippen LogP contribution in [0.4, 0.5) is 4.79 Å². The Bertz CT molecular complexity index is 688. The van der Waals surface area contributed by atoms with Crippen LogP contribution in [0.3, 0.4) is 0 Å². The lowest BCUT2D eigenvalue weighted by atomic mass is 9.95. The van der Waals surface area contributed by atoms with E-state index in [1.54, 1.807) is 26.0 Å². The zero-order valence-electron chi connectivity index (χ0n) is 14.9. The molecular weight excluding hydrogens is 328 g/mol. The SMILES string of the molecule is CCOC(=O)C1=C(C)NC(=O)N[C@H]1c1cc(OC)c(OC)c(OC)c1. The van der Waals surface area contributed by atoms with Gasteiger partial charge in [0.1, 0.15) is 0 Å². The molecule has 2 N–H and O–H groups in total. The van der Waals surface area contributed by atoms with E-state index in [-0.39, 0.29) is 6.61 Å². The molecule has 0 unspecified atom stereocenters. The molecule has 0 radical (unpaired) electrons. The van der Waals surface area contributed by atoms with E-state index in [9.17, 15) is 9.59 Å². The highest BCUT2D eigenvalue weighted by atomic mass is 16.5. The molecule has 1 aromatic rings. The van der Waals surface area contributed by atoms with Gasteiger partial charge in [0.25, 0.3) is 0 Å². The number of carbonyl (C=O) groups excluding carboxylic acids is 2. The second-order valence-corrected chi connectivity index (χ2v) is 5.25. The van der Waals surface area contributed by atoms with E-state index < -0.39 is 18.0 Å². The van der Waals surface area contributed by atoms with Crippen LogP contribution in [0.2, 0.25) is 0 Å². The first-order chi connectivity index (χ1) is 12.0. The Morgan fingerprint density at radius 3 is 2.20 bits per heavy atom. The summed E-state index contributed by atoms with van der Waals surface area (Å²) in [4.78, 5) is 24.3. The number of hydrogen-bond acceptors (Lipinski definition) is 6. The molecule has 1 aliphatic rings. The van der Waals surface area contributed by atoms with E-state index >= 15 is 0 Å². The molecule has 8 heteroatoms. The van der Waals surface area contributed by atoms with Crippen molar-refractivity contribution in [2.75, 3.05) is 27.9 Å². The molecule has 1 aromatic carbocycles. The number of esters is 1. The maximum atomic E-state index is 12.4. The second-order valence-electron chi connectivity index (χ2n) is 5.25. The van der Waals surface area contributed by atoms with Gasteiger partial charge >= 0.3 is 12.0 Å². The third-order valence-corrected chi connectivity index (χ3v) is 3.78. The predicted octanol–water partition coefficient (Wildman–Crippen LogP) is 1.90. The van der Waals surface area contributed by atoms with E-state index in [4.69, 9.17) is 18.9 Å². The van der Waals surface area contributed by atoms with Gasteiger partial charge in [-0.3, -0.25) is 0 Å². The molecule has 0 bridgehead atoms. The monoisotopic (exact) mass is 350 g/mol. The molecule has 136 valence electrons. The van der Waals surface area contributed by atoms with Gasteiger partial charge in [-0.1, -0.05) is 0 Å². The molecule has 25 heavy (non-hydrogen) atoms. The number of rotatable bonds is 6. The Morgan fingerprint density at radius 1 is 1.12 bits per heavy atom. The van der Waals surface area contributed by atoms with Crippen molar-refractivity contribution in [1.82, 2.24) is 10.6 Å². The smallest absolute Gasteiger partial charge is 0.338 e. The number of allylic oxidation sites excluding steroid dienone is 1. The van der Waals surface area contributed by atoms with E-state index in [0.29, 0.717) is 34.1 Å². The number of ether oxygens (including phenoxy) is 4. The van der Waals surface area contributed by atoms with Crippen molar-refractivity contribution in [1.29, 1.82) is 0 Å². The molecule has 0 aliphatic carbocycles. The number of carbonyl (C=O) groups is 2. The Kier molecular flexibility index (Phi) is 5.74. The highest BCUT2D eigenvalue weighted by Crippen LogP contribution is 2.41. The normalized spacial score (nSPS) is 16.7. The van der Waals surface area contributed by atoms with Crippen LogP contribution >= 0.6 is 0 Å². The summed E-state index contributed by atoms with van der Waals surface area (Å²) in [6.45, 7) is 3.60. The topological polar surface area (TPSA) is 95.1 Å². The maximum absolute atomic E-state index is 12.4. The third kappa shape index (κ3) is 3.62. The van der Waals surface area contributed by atoms with Crippen LogP contribution < -0.4 is 24.8 Å². The van der Waals surface area contributed by atoms with Gasteiger partial charge < -0.3 is 29.6 Å². The summed E-state index contributed by atoms with van der Waals surface area (Å²) in [6, 6.07) is 2.25. The lowest BCUT2D eigenvalue weighted by Gasteiger charge is -2.28. The average molecular weight is 350 g/mol. The Balaban J connectivity index is 2.59. The molecule has 2 rings (SSSR count). The minimum absolute atomic E-state index is 0.228. The summed E-state index contributed by atoms with van der Waals surface area (Å²) in [7, 11) is 4.49. The van der Waals surface area contributed by atoms with Crippen LogP contribution in [-0.2, 0) is 9.53 Å². The lowest BCUT2D eigenvalue weighted by molar-refractivity contribution is -0.139. The summed E-state index contributed by atoms with van der Waals surface area (Å²) in [5.74, 6) is 0.759. The first-order valence-corrected chi connectivity index (χ1v) is 7.72. The van der Waals surface area contributed by atoms with E-state index in [2.05, 4.69) is 10.6 Å². The number of nitrogens with one attached hydrogen (secondary N) is 2. The van der Waals surface area contributed by atoms with E-state index in [1.807, 2.05) is 0 Å². The summed E-state index contributed by atoms with van der Waals surface area (Å²) >= 11 is 0. The number of methoxy groups -OCH3 is 3. The number of hydrogen-bond donors (Lipinski definition) is 2. The van der Waals surface area contributed by atoms with Crippen LogP contribution in [0.5, 0.6) is 17.2 Å². The highest BCUT2D eigenvalue weighted by Gasteiger charge is 2.33. The summed E-state index contributed by atoms with van der Waals surface area (Å²) in [5, 5.41) is 5.32. The van der Waals surface area contributed by atoms with Gasteiger partial charge in [-0.25, -0.2) is 9.59 Å². The Labute approximate surface area is 146 Å². The zero-order chi connectivity index (χ0) is 18.6. The minimum Gasteiger partial charge on any atom is -0.493 e. The standard InChI is InChI=1S/C17H22N2O6/c1-6-25-16(20)13-9(2)18-17(21)19-14(13)10-7-11(22-3)15(24-5)12(8-10)23-4/h7-8,14H,6H2,1-5H3,(H2,18,19,21)/t14-/m0/s1. The molecule has 2 amide bonds. The Morgan fingerprint density at radius 2 is 1.72 bits per heavy atom. The fraction of sp³-hybridized carbons (Fsp3) is 0.412. The Hall–Kier alpha value is -2.90. The molecule has 0 saturated heterocycles. The van der Waals surface area contributed by atoms with Gasteiger partial charge in [-0.2, -0.15) is 0 Å². The van der Waals surface area contributed by atoms with Crippen molar-refractivity contribution >= 4 is 12.0 Å². The van der Waals surface area contributed by atoms with Gasteiger partial charge in [0.05, 0.1) is 39.6 Å². The van der Waals surface area contributed by atoms with Crippen molar-refractivity contribution in [3.8, 4) is 17.2 Å². The van der Waals surface area contributed by atoms with Crippen LogP contribution in [0.1, 0.15) is 25.5 Å². The molecule has 0 spiro atoms. The average Bonchev–Trinajstić information content (AvgIpc) is 2.59. The van der Waals surface area contributed by atoms with Crippen LogP contribution in [-0.4, -0.2) is 39.9 Å². The molecule has 1 atom stereocenters. The number of urea groups is 1. The van der Waals surface area contributed by atoms with E-state index in [0.717, 1.165) is 0 Å². The fourth-order valence-electron chi connectivity index (χ4n) is 2.69. The summed E-state index contributed by atoms with van der Waals surface area (Å²) < 4.78 is 21.1.